The molecule has 0 fully saturated rings. The van der Waals surface area contributed by atoms with Crippen molar-refractivity contribution in [1.29, 1.82) is 0 Å². The fourth-order valence-electron chi connectivity index (χ4n) is 2.63. The Morgan fingerprint density at radius 3 is 1.11 bits per heavy atom. The molecule has 0 N–H and O–H groups in total. The minimum Gasteiger partial charge on any atom is -0.225 e. The first-order valence-electron chi connectivity index (χ1n) is 8.59. The van der Waals surface area contributed by atoms with Crippen LogP contribution in [0.25, 0.3) is 0 Å². The van der Waals surface area contributed by atoms with Crippen LogP contribution in [-0.4, -0.2) is 36.0 Å². The first-order valence-corrected chi connectivity index (χ1v) is 8.59. The second-order valence-electron chi connectivity index (χ2n) is 7.71. The molecular weight excluding hydrogens is 562 g/mol. The van der Waals surface area contributed by atoms with Gasteiger partial charge >= 0.3 is 47.9 Å². The molecule has 0 aliphatic rings. The molecule has 0 saturated heterocycles. The third kappa shape index (κ3) is 4.44. The normalized spacial score (nSPS) is 15.9. The number of hydrogen-bond donors (Lipinski definition) is 0. The van der Waals surface area contributed by atoms with E-state index >= 15 is 0 Å². The molecule has 0 aliphatic heterocycles. The highest BCUT2D eigenvalue weighted by Crippen LogP contribution is 2.60. The zero-order valence-electron chi connectivity index (χ0n) is 16.9. The van der Waals surface area contributed by atoms with Crippen LogP contribution in [0.5, 0.6) is 0 Å². The summed E-state index contributed by atoms with van der Waals surface area (Å²) in [6.07, 6.45) is -14.9. The number of alkyl halides is 18. The van der Waals surface area contributed by atoms with Gasteiger partial charge in [0.15, 0.2) is 0 Å². The Morgan fingerprint density at radius 2 is 0.806 bits per heavy atom. The highest BCUT2D eigenvalue weighted by molar-refractivity contribution is 5.42. The summed E-state index contributed by atoms with van der Waals surface area (Å²) >= 11 is 0. The lowest BCUT2D eigenvalue weighted by atomic mass is 9.83. The maximum absolute atomic E-state index is 14.4. The molecule has 0 heterocycles. The number of hydrogen-bond acceptors (Lipinski definition) is 0. The topological polar surface area (TPSA) is 19.9 Å². The van der Waals surface area contributed by atoms with E-state index in [9.17, 15) is 84.1 Å². The molecule has 0 unspecified atom stereocenters. The van der Waals surface area contributed by atoms with Crippen LogP contribution < -0.4 is 0 Å². The van der Waals surface area contributed by atoms with E-state index < -0.39 is 88.4 Å². The standard InChI is InChI=1S/C17H9F18O/c1-9(2,36)7-4-3-6(10(18,19)12(22,23)14(26,27)16(30,31)32)5-8(7)11(20,21)13(24,25)15(28,29)17(33,34)35/h3-5H,1-2H3. The molecule has 0 amide bonds. The average molecular weight is 571 g/mol. The lowest BCUT2D eigenvalue weighted by Crippen LogP contribution is -2.60. The van der Waals surface area contributed by atoms with Gasteiger partial charge in [0.25, 0.3) is 0 Å². The van der Waals surface area contributed by atoms with Crippen LogP contribution >= 0.6 is 0 Å². The third-order valence-electron chi connectivity index (χ3n) is 4.66. The van der Waals surface area contributed by atoms with Crippen LogP contribution in [0.2, 0.25) is 0 Å². The third-order valence-corrected chi connectivity index (χ3v) is 4.66. The first-order chi connectivity index (χ1) is 15.3. The predicted octanol–water partition coefficient (Wildman–Crippen LogP) is 8.20. The van der Waals surface area contributed by atoms with Crippen LogP contribution in [0, 0.1) is 0 Å². The largest absolute Gasteiger partial charge is 0.460 e. The Labute approximate surface area is 187 Å². The summed E-state index contributed by atoms with van der Waals surface area (Å²) in [5.74, 6) is -44.4. The summed E-state index contributed by atoms with van der Waals surface area (Å²) in [7, 11) is 0. The zero-order chi connectivity index (χ0) is 29.4. The summed E-state index contributed by atoms with van der Waals surface area (Å²) in [5, 5.41) is 12.0. The van der Waals surface area contributed by atoms with Gasteiger partial charge in [-0.3, -0.25) is 0 Å². The molecule has 36 heavy (non-hydrogen) atoms. The Bertz CT molecular complexity index is 963. The minimum atomic E-state index is -7.67. The van der Waals surface area contributed by atoms with E-state index in [1.807, 2.05) is 0 Å². The van der Waals surface area contributed by atoms with Crippen molar-refractivity contribution in [1.82, 2.24) is 0 Å². The predicted molar refractivity (Wildman–Crippen MR) is 79.8 cm³/mol. The van der Waals surface area contributed by atoms with Crippen LogP contribution in [0.1, 0.15) is 30.5 Å². The quantitative estimate of drug-likeness (QED) is 0.294. The van der Waals surface area contributed by atoms with Crippen LogP contribution in [0.4, 0.5) is 79.0 Å². The maximum atomic E-state index is 14.4. The molecule has 1 aromatic carbocycles. The summed E-state index contributed by atoms with van der Waals surface area (Å²) < 4.78 is 238. The maximum Gasteiger partial charge on any atom is 0.460 e. The van der Waals surface area contributed by atoms with Crippen LogP contribution in [0.15, 0.2) is 18.2 Å². The lowest BCUT2D eigenvalue weighted by Gasteiger charge is -2.37. The van der Waals surface area contributed by atoms with Crippen molar-refractivity contribution in [2.24, 2.45) is 0 Å². The summed E-state index contributed by atoms with van der Waals surface area (Å²) in [5.41, 5.74) is -11.5. The van der Waals surface area contributed by atoms with E-state index in [0.717, 1.165) is 0 Å². The highest BCUT2D eigenvalue weighted by atomic mass is 19.4. The van der Waals surface area contributed by atoms with E-state index in [0.29, 0.717) is 0 Å². The molecule has 0 aromatic heterocycles. The van der Waals surface area contributed by atoms with Crippen molar-refractivity contribution < 1.29 is 84.1 Å². The second kappa shape index (κ2) is 8.21. The van der Waals surface area contributed by atoms with Gasteiger partial charge in [-0.15, -0.1) is 0 Å². The Morgan fingerprint density at radius 1 is 0.472 bits per heavy atom. The van der Waals surface area contributed by atoms with E-state index in [2.05, 4.69) is 0 Å². The van der Waals surface area contributed by atoms with E-state index in [4.69, 9.17) is 0 Å². The minimum absolute atomic E-state index is 0.228. The van der Waals surface area contributed by atoms with E-state index in [-0.39, 0.29) is 13.8 Å². The number of benzene rings is 1. The average Bonchev–Trinajstić information content (AvgIpc) is 2.64. The van der Waals surface area contributed by atoms with E-state index in [1.54, 1.807) is 0 Å². The lowest BCUT2D eigenvalue weighted by molar-refractivity contribution is -0.400. The molecule has 0 spiro atoms. The van der Waals surface area contributed by atoms with Gasteiger partial charge in [0.2, 0.25) is 0 Å². The Kier molecular flexibility index (Phi) is 7.29. The van der Waals surface area contributed by atoms with Crippen LogP contribution in [0.3, 0.4) is 0 Å². The number of rotatable bonds is 7. The molecule has 19 heteroatoms. The monoisotopic (exact) mass is 571 g/mol. The van der Waals surface area contributed by atoms with Gasteiger partial charge in [0.05, 0.1) is 0 Å². The van der Waals surface area contributed by atoms with Crippen molar-refractivity contribution in [3.05, 3.63) is 34.9 Å². The molecule has 1 radical (unpaired) electrons. The molecule has 1 nitrogen and oxygen atoms in total. The Hall–Kier alpha value is -2.08. The van der Waals surface area contributed by atoms with Crippen molar-refractivity contribution in [3.8, 4) is 0 Å². The molecular formula is C17H9F18O. The molecule has 1 rings (SSSR count). The molecule has 0 atom stereocenters. The van der Waals surface area contributed by atoms with E-state index in [1.165, 1.54) is 0 Å². The van der Waals surface area contributed by atoms with Crippen molar-refractivity contribution in [2.75, 3.05) is 0 Å². The van der Waals surface area contributed by atoms with Gasteiger partial charge in [0, 0.05) is 11.1 Å². The van der Waals surface area contributed by atoms with Crippen molar-refractivity contribution in [3.63, 3.8) is 0 Å². The molecule has 0 bridgehead atoms. The van der Waals surface area contributed by atoms with Gasteiger partial charge in [0.1, 0.15) is 5.60 Å². The molecule has 209 valence electrons. The highest BCUT2D eigenvalue weighted by Gasteiger charge is 2.84. The van der Waals surface area contributed by atoms with Gasteiger partial charge < -0.3 is 0 Å². The van der Waals surface area contributed by atoms with Crippen molar-refractivity contribution >= 4 is 0 Å². The smallest absolute Gasteiger partial charge is 0.225 e. The van der Waals surface area contributed by atoms with Gasteiger partial charge in [-0.1, -0.05) is 12.1 Å². The van der Waals surface area contributed by atoms with Gasteiger partial charge in [-0.2, -0.15) is 79.0 Å². The molecule has 0 saturated carbocycles. The summed E-state index contributed by atoms with van der Waals surface area (Å²) in [4.78, 5) is 0. The fourth-order valence-corrected chi connectivity index (χ4v) is 2.63. The molecule has 1 aromatic rings. The summed E-state index contributed by atoms with van der Waals surface area (Å²) in [6.45, 7) is 0.457. The number of halogens is 18. The Balaban J connectivity index is 4.05. The first kappa shape index (κ1) is 31.9. The molecule has 0 aliphatic carbocycles. The van der Waals surface area contributed by atoms with Gasteiger partial charge in [-0.05, 0) is 25.5 Å². The van der Waals surface area contributed by atoms with Gasteiger partial charge in [-0.25, -0.2) is 5.11 Å². The second-order valence-corrected chi connectivity index (χ2v) is 7.71. The summed E-state index contributed by atoms with van der Waals surface area (Å²) in [6, 6.07) is -2.65. The SMILES string of the molecule is CC(C)([O])c1ccc(C(F)(F)C(F)(F)C(F)(F)C(F)(F)F)cc1C(F)(F)C(F)(F)C(F)(F)C(F)(F)F. The zero-order valence-corrected chi connectivity index (χ0v) is 16.9. The van der Waals surface area contributed by atoms with Crippen LogP contribution in [-0.2, 0) is 22.6 Å². The fraction of sp³-hybridized carbons (Fsp3) is 0.647. The van der Waals surface area contributed by atoms with Crippen molar-refractivity contribution in [2.45, 2.75) is 67.3 Å².